The minimum Gasteiger partial charge on any atom is -0.478 e. The molecule has 2 aromatic carbocycles. The van der Waals surface area contributed by atoms with Crippen LogP contribution in [0.3, 0.4) is 0 Å². The van der Waals surface area contributed by atoms with E-state index in [9.17, 15) is 27.7 Å². The molecule has 10 heteroatoms. The number of hydrogen-bond donors (Lipinski definition) is 2. The second-order valence-corrected chi connectivity index (χ2v) is 6.04. The Labute approximate surface area is 129 Å². The van der Waals surface area contributed by atoms with E-state index in [0.29, 0.717) is 12.1 Å². The topological polar surface area (TPSA) is 127 Å². The van der Waals surface area contributed by atoms with Gasteiger partial charge in [0.2, 0.25) is 5.82 Å². The number of nitro benzene ring substituents is 1. The molecule has 0 aliphatic carbocycles. The van der Waals surface area contributed by atoms with Gasteiger partial charge in [-0.1, -0.05) is 6.07 Å². The molecule has 0 saturated heterocycles. The first kappa shape index (κ1) is 16.4. The van der Waals surface area contributed by atoms with Gasteiger partial charge in [-0.3, -0.25) is 14.8 Å². The average Bonchev–Trinajstić information content (AvgIpc) is 2.46. The molecule has 2 N–H and O–H groups in total. The maximum absolute atomic E-state index is 13.3. The van der Waals surface area contributed by atoms with Crippen molar-refractivity contribution >= 4 is 27.4 Å². The van der Waals surface area contributed by atoms with Crippen molar-refractivity contribution < 1.29 is 27.6 Å². The van der Waals surface area contributed by atoms with Crippen molar-refractivity contribution in [2.24, 2.45) is 0 Å². The first-order chi connectivity index (χ1) is 10.7. The first-order valence-corrected chi connectivity index (χ1v) is 7.49. The zero-order chi connectivity index (χ0) is 17.2. The minimum atomic E-state index is -4.24. The molecule has 0 heterocycles. The Morgan fingerprint density at radius 2 is 1.91 bits per heavy atom. The fourth-order valence-electron chi connectivity index (χ4n) is 1.73. The van der Waals surface area contributed by atoms with Crippen molar-refractivity contribution in [3.8, 4) is 0 Å². The zero-order valence-corrected chi connectivity index (χ0v) is 12.1. The number of rotatable bonds is 5. The zero-order valence-electron chi connectivity index (χ0n) is 11.3. The number of aromatic carboxylic acids is 1. The van der Waals surface area contributed by atoms with Crippen LogP contribution < -0.4 is 4.72 Å². The summed E-state index contributed by atoms with van der Waals surface area (Å²) in [5.41, 5.74) is -1.17. The Morgan fingerprint density at radius 3 is 2.52 bits per heavy atom. The molecule has 120 valence electrons. The van der Waals surface area contributed by atoms with Gasteiger partial charge in [0.15, 0.2) is 0 Å². The molecule has 0 atom stereocenters. The quantitative estimate of drug-likeness (QED) is 0.635. The van der Waals surface area contributed by atoms with E-state index in [2.05, 4.69) is 4.72 Å². The summed E-state index contributed by atoms with van der Waals surface area (Å²) >= 11 is 0. The van der Waals surface area contributed by atoms with Crippen molar-refractivity contribution in [2.75, 3.05) is 4.72 Å². The van der Waals surface area contributed by atoms with Gasteiger partial charge in [-0.15, -0.1) is 0 Å². The smallest absolute Gasteiger partial charge is 0.335 e. The van der Waals surface area contributed by atoms with Crippen LogP contribution in [0.4, 0.5) is 15.8 Å². The Hall–Kier alpha value is -3.01. The number of nitro groups is 1. The number of carboxylic acid groups (broad SMARTS) is 1. The second-order valence-electron chi connectivity index (χ2n) is 4.36. The largest absolute Gasteiger partial charge is 0.478 e. The van der Waals surface area contributed by atoms with E-state index < -0.39 is 37.3 Å². The molecule has 0 saturated carbocycles. The van der Waals surface area contributed by atoms with Crippen LogP contribution in [0.5, 0.6) is 0 Å². The number of nitrogens with zero attached hydrogens (tertiary/aromatic N) is 1. The van der Waals surface area contributed by atoms with Crippen LogP contribution in [-0.2, 0) is 10.0 Å². The molecule has 0 aliphatic rings. The van der Waals surface area contributed by atoms with E-state index in [1.807, 2.05) is 0 Å². The number of nitrogens with one attached hydrogen (secondary N) is 1. The molecule has 0 unspecified atom stereocenters. The molecular formula is C13H9FN2O6S. The highest BCUT2D eigenvalue weighted by Crippen LogP contribution is 2.23. The summed E-state index contributed by atoms with van der Waals surface area (Å²) in [5.74, 6) is -2.41. The second kappa shape index (κ2) is 6.01. The van der Waals surface area contributed by atoms with E-state index in [0.717, 1.165) is 12.1 Å². The Morgan fingerprint density at radius 1 is 1.22 bits per heavy atom. The van der Waals surface area contributed by atoms with Gasteiger partial charge in [-0.2, -0.15) is 4.39 Å². The van der Waals surface area contributed by atoms with Crippen LogP contribution in [0.2, 0.25) is 0 Å². The number of anilines is 1. The maximum Gasteiger partial charge on any atom is 0.335 e. The summed E-state index contributed by atoms with van der Waals surface area (Å²) in [6, 6.07) is 7.10. The molecule has 0 radical (unpaired) electrons. The maximum atomic E-state index is 13.3. The molecular weight excluding hydrogens is 331 g/mol. The predicted octanol–water partition coefficient (Wildman–Crippen LogP) is 2.23. The van der Waals surface area contributed by atoms with Crippen LogP contribution in [-0.4, -0.2) is 24.4 Å². The normalized spacial score (nSPS) is 11.0. The predicted molar refractivity (Wildman–Crippen MR) is 77.3 cm³/mol. The number of hydrogen-bond acceptors (Lipinski definition) is 5. The van der Waals surface area contributed by atoms with Crippen LogP contribution in [0.1, 0.15) is 10.4 Å². The van der Waals surface area contributed by atoms with Crippen LogP contribution in [0.25, 0.3) is 0 Å². The Bertz CT molecular complexity index is 897. The lowest BCUT2D eigenvalue weighted by Crippen LogP contribution is -2.14. The van der Waals surface area contributed by atoms with E-state index >= 15 is 0 Å². The summed E-state index contributed by atoms with van der Waals surface area (Å²) in [4.78, 5) is 20.0. The molecule has 23 heavy (non-hydrogen) atoms. The van der Waals surface area contributed by atoms with Crippen molar-refractivity contribution in [1.29, 1.82) is 0 Å². The van der Waals surface area contributed by atoms with Gasteiger partial charge >= 0.3 is 11.7 Å². The third kappa shape index (κ3) is 3.61. The highest BCUT2D eigenvalue weighted by Gasteiger charge is 2.21. The van der Waals surface area contributed by atoms with Gasteiger partial charge in [-0.05, 0) is 30.3 Å². The van der Waals surface area contributed by atoms with Crippen LogP contribution in [0, 0.1) is 15.9 Å². The molecule has 0 aromatic heterocycles. The Kier molecular flexibility index (Phi) is 4.27. The first-order valence-electron chi connectivity index (χ1n) is 6.01. The monoisotopic (exact) mass is 340 g/mol. The lowest BCUT2D eigenvalue weighted by atomic mass is 10.2. The molecule has 2 rings (SSSR count). The lowest BCUT2D eigenvalue weighted by molar-refractivity contribution is -0.387. The lowest BCUT2D eigenvalue weighted by Gasteiger charge is -2.08. The van der Waals surface area contributed by atoms with Gasteiger partial charge in [-0.25, -0.2) is 13.2 Å². The summed E-state index contributed by atoms with van der Waals surface area (Å²) in [6.07, 6.45) is 0. The number of benzene rings is 2. The molecule has 0 fully saturated rings. The van der Waals surface area contributed by atoms with Gasteiger partial charge in [0.1, 0.15) is 0 Å². The standard InChI is InChI=1S/C13H9FN2O6S/c14-11-5-4-10(7-12(11)16(19)20)23(21,22)15-9-3-1-2-8(6-9)13(17)18/h1-7,15H,(H,17,18). The number of sulfonamides is 1. The molecule has 8 nitrogen and oxygen atoms in total. The summed E-state index contributed by atoms with van der Waals surface area (Å²) in [6.45, 7) is 0. The molecule has 0 spiro atoms. The molecule has 0 bridgehead atoms. The third-order valence-electron chi connectivity index (χ3n) is 2.79. The van der Waals surface area contributed by atoms with Crippen molar-refractivity contribution in [3.63, 3.8) is 0 Å². The Balaban J connectivity index is 2.40. The van der Waals surface area contributed by atoms with E-state index in [-0.39, 0.29) is 11.3 Å². The van der Waals surface area contributed by atoms with Crippen LogP contribution >= 0.6 is 0 Å². The van der Waals surface area contributed by atoms with E-state index in [4.69, 9.17) is 5.11 Å². The van der Waals surface area contributed by atoms with Gasteiger partial charge in [0.25, 0.3) is 10.0 Å². The molecule has 2 aromatic rings. The third-order valence-corrected chi connectivity index (χ3v) is 4.17. The fraction of sp³-hybridized carbons (Fsp3) is 0. The van der Waals surface area contributed by atoms with Crippen molar-refractivity contribution in [3.05, 3.63) is 64.0 Å². The highest BCUT2D eigenvalue weighted by atomic mass is 32.2. The average molecular weight is 340 g/mol. The fourth-order valence-corrected chi connectivity index (χ4v) is 2.80. The highest BCUT2D eigenvalue weighted by molar-refractivity contribution is 7.92. The van der Waals surface area contributed by atoms with E-state index in [1.165, 1.54) is 18.2 Å². The molecule has 0 amide bonds. The van der Waals surface area contributed by atoms with Gasteiger partial charge < -0.3 is 5.11 Å². The summed E-state index contributed by atoms with van der Waals surface area (Å²) in [7, 11) is -4.24. The number of carboxylic acids is 1. The van der Waals surface area contributed by atoms with Crippen molar-refractivity contribution in [2.45, 2.75) is 4.90 Å². The summed E-state index contributed by atoms with van der Waals surface area (Å²) in [5, 5.41) is 19.5. The SMILES string of the molecule is O=C(O)c1cccc(NS(=O)(=O)c2ccc(F)c([N+](=O)[O-])c2)c1. The number of carbonyl (C=O) groups is 1. The van der Waals surface area contributed by atoms with Crippen LogP contribution in [0.15, 0.2) is 47.4 Å². The summed E-state index contributed by atoms with van der Waals surface area (Å²) < 4.78 is 39.7. The minimum absolute atomic E-state index is 0.0446. The number of halogens is 1. The van der Waals surface area contributed by atoms with Gasteiger partial charge in [0, 0.05) is 11.8 Å². The molecule has 0 aliphatic heterocycles. The van der Waals surface area contributed by atoms with Crippen molar-refractivity contribution in [1.82, 2.24) is 0 Å². The van der Waals surface area contributed by atoms with E-state index in [1.54, 1.807) is 0 Å². The van der Waals surface area contributed by atoms with Gasteiger partial charge in [0.05, 0.1) is 15.4 Å².